The Morgan fingerprint density at radius 2 is 1.89 bits per heavy atom. The van der Waals surface area contributed by atoms with Crippen LogP contribution in [0.2, 0.25) is 0 Å². The first-order chi connectivity index (χ1) is 18.3. The molecule has 38 heavy (non-hydrogen) atoms. The molecule has 2 aromatic carbocycles. The van der Waals surface area contributed by atoms with Gasteiger partial charge in [0.1, 0.15) is 11.6 Å². The van der Waals surface area contributed by atoms with Gasteiger partial charge in [0.05, 0.1) is 37.4 Å². The summed E-state index contributed by atoms with van der Waals surface area (Å²) in [5.74, 6) is 2.59. The second-order valence-corrected chi connectivity index (χ2v) is 9.78. The van der Waals surface area contributed by atoms with E-state index < -0.39 is 23.6 Å². The lowest BCUT2D eigenvalue weighted by atomic mass is 9.74. The number of ether oxygens (including phenoxy) is 1. The van der Waals surface area contributed by atoms with Gasteiger partial charge < -0.3 is 20.1 Å². The minimum atomic E-state index is -1.27. The topological polar surface area (TPSA) is 86.0 Å². The average molecular weight is 529 g/mol. The maximum Gasteiger partial charge on any atom is 0.174 e. The Hall–Kier alpha value is -3.16. The summed E-state index contributed by atoms with van der Waals surface area (Å²) >= 11 is 0. The fraction of sp³-hybridized carbons (Fsp3) is 0.414. The van der Waals surface area contributed by atoms with Crippen LogP contribution in [0.15, 0.2) is 36.5 Å². The zero-order valence-corrected chi connectivity index (χ0v) is 21.2. The van der Waals surface area contributed by atoms with Crippen LogP contribution < -0.4 is 4.74 Å². The van der Waals surface area contributed by atoms with Gasteiger partial charge in [-0.3, -0.25) is 9.88 Å². The molecule has 6 nitrogen and oxygen atoms in total. The summed E-state index contributed by atoms with van der Waals surface area (Å²) in [4.78, 5) is 6.41. The zero-order valence-electron chi connectivity index (χ0n) is 21.2. The summed E-state index contributed by atoms with van der Waals surface area (Å²) < 4.78 is 45.9. The molecule has 202 valence electrons. The van der Waals surface area contributed by atoms with Gasteiger partial charge in [0.25, 0.3) is 0 Å². The second-order valence-electron chi connectivity index (χ2n) is 9.78. The first-order valence-corrected chi connectivity index (χ1v) is 12.5. The molecule has 3 aromatic rings. The normalized spacial score (nSPS) is 16.2. The number of methoxy groups -OCH3 is 1. The number of nitrogens with zero attached hydrogens (tertiary/aromatic N) is 2. The van der Waals surface area contributed by atoms with E-state index in [0.29, 0.717) is 79.2 Å². The Morgan fingerprint density at radius 3 is 2.58 bits per heavy atom. The van der Waals surface area contributed by atoms with E-state index in [4.69, 9.17) is 4.74 Å². The highest BCUT2D eigenvalue weighted by Crippen LogP contribution is 2.39. The van der Waals surface area contributed by atoms with Crippen LogP contribution in [0.25, 0.3) is 10.9 Å². The molecule has 1 fully saturated rings. The number of hydrogen-bond acceptors (Lipinski definition) is 6. The van der Waals surface area contributed by atoms with Crippen molar-refractivity contribution in [1.29, 1.82) is 0 Å². The van der Waals surface area contributed by atoms with Crippen LogP contribution in [0.5, 0.6) is 5.75 Å². The van der Waals surface area contributed by atoms with Crippen LogP contribution in [0.3, 0.4) is 0 Å². The lowest BCUT2D eigenvalue weighted by Gasteiger charge is -2.40. The van der Waals surface area contributed by atoms with Crippen LogP contribution in [-0.4, -0.2) is 58.6 Å². The van der Waals surface area contributed by atoms with Gasteiger partial charge >= 0.3 is 0 Å². The predicted molar refractivity (Wildman–Crippen MR) is 137 cm³/mol. The second kappa shape index (κ2) is 12.1. The van der Waals surface area contributed by atoms with Crippen molar-refractivity contribution >= 4 is 10.9 Å². The fourth-order valence-corrected chi connectivity index (χ4v) is 5.03. The van der Waals surface area contributed by atoms with E-state index in [1.54, 1.807) is 31.5 Å². The van der Waals surface area contributed by atoms with Crippen LogP contribution in [0, 0.1) is 34.7 Å². The zero-order chi connectivity index (χ0) is 27.3. The Labute approximate surface area is 219 Å². The van der Waals surface area contributed by atoms with Gasteiger partial charge in [-0.25, -0.2) is 13.2 Å². The molecular formula is C29H31F3N2O4. The van der Waals surface area contributed by atoms with Gasteiger partial charge in [-0.15, -0.1) is 0 Å². The largest absolute Gasteiger partial charge is 0.497 e. The Bertz CT molecular complexity index is 1340. The van der Waals surface area contributed by atoms with Crippen molar-refractivity contribution in [3.8, 4) is 17.6 Å². The minimum absolute atomic E-state index is 0.0369. The molecule has 0 bridgehead atoms. The number of benzene rings is 2. The van der Waals surface area contributed by atoms with E-state index in [-0.39, 0.29) is 24.2 Å². The highest BCUT2D eigenvalue weighted by Gasteiger charge is 2.34. The van der Waals surface area contributed by atoms with E-state index in [9.17, 15) is 28.5 Å². The quantitative estimate of drug-likeness (QED) is 0.302. The molecule has 2 heterocycles. The molecule has 4 rings (SSSR count). The van der Waals surface area contributed by atoms with E-state index in [1.165, 1.54) is 0 Å². The number of rotatable bonds is 8. The van der Waals surface area contributed by atoms with Crippen LogP contribution in [0.1, 0.15) is 48.5 Å². The van der Waals surface area contributed by atoms with Crippen molar-refractivity contribution in [2.45, 2.75) is 38.4 Å². The van der Waals surface area contributed by atoms with Gasteiger partial charge in [-0.1, -0.05) is 11.8 Å². The average Bonchev–Trinajstić information content (AvgIpc) is 2.94. The smallest absolute Gasteiger partial charge is 0.174 e. The first kappa shape index (κ1) is 27.9. The maximum atomic E-state index is 13.8. The van der Waals surface area contributed by atoms with Crippen molar-refractivity contribution in [2.24, 2.45) is 5.41 Å². The summed E-state index contributed by atoms with van der Waals surface area (Å²) in [7, 11) is 1.56. The lowest BCUT2D eigenvalue weighted by molar-refractivity contribution is 0.0271. The number of likely N-dealkylation sites (tertiary alicyclic amines) is 1. The van der Waals surface area contributed by atoms with Crippen molar-refractivity contribution in [2.75, 3.05) is 33.4 Å². The molecule has 1 atom stereocenters. The van der Waals surface area contributed by atoms with Crippen LogP contribution >= 0.6 is 0 Å². The number of piperidine rings is 1. The highest BCUT2D eigenvalue weighted by atomic mass is 19.2. The molecule has 3 N–H and O–H groups in total. The van der Waals surface area contributed by atoms with Gasteiger partial charge in [-0.2, -0.15) is 0 Å². The Morgan fingerprint density at radius 1 is 1.13 bits per heavy atom. The molecule has 0 saturated carbocycles. The number of aromatic nitrogens is 1. The third kappa shape index (κ3) is 6.11. The highest BCUT2D eigenvalue weighted by molar-refractivity contribution is 5.85. The standard InChI is InChI=1S/C29H31F3N2O4/c1-38-22-4-5-25-23(15-22)27(20(17-35)16-33-25)26(37)6-7-29(18-36)8-11-34(12-9-29)10-2-3-19-13-21(30)14-24(31)28(19)32/h4-5,13-16,26,35-37H,6-12,17-18H2,1H3/t26-/m1/s1. The number of aliphatic hydroxyl groups excluding tert-OH is 3. The molecule has 0 spiro atoms. The number of fused-ring (bicyclic) bond motifs is 1. The van der Waals surface area contributed by atoms with E-state index >= 15 is 0 Å². The molecule has 0 radical (unpaired) electrons. The predicted octanol–water partition coefficient (Wildman–Crippen LogP) is 4.09. The summed E-state index contributed by atoms with van der Waals surface area (Å²) in [5, 5.41) is 32.0. The van der Waals surface area contributed by atoms with Gasteiger partial charge in [0, 0.05) is 29.8 Å². The molecule has 1 aliphatic rings. The Kier molecular flexibility index (Phi) is 8.90. The van der Waals surface area contributed by atoms with Crippen molar-refractivity contribution in [3.63, 3.8) is 0 Å². The molecule has 0 amide bonds. The van der Waals surface area contributed by atoms with E-state index in [0.717, 1.165) is 6.07 Å². The maximum absolute atomic E-state index is 13.8. The van der Waals surface area contributed by atoms with Gasteiger partial charge in [-0.05, 0) is 74.0 Å². The minimum Gasteiger partial charge on any atom is -0.497 e. The van der Waals surface area contributed by atoms with Crippen LogP contribution in [0.4, 0.5) is 13.2 Å². The SMILES string of the molecule is COc1ccc2ncc(CO)c([C@H](O)CCC3(CO)CCN(CC#Cc4cc(F)cc(F)c4F)CC3)c2c1. The molecule has 0 unspecified atom stereocenters. The van der Waals surface area contributed by atoms with Crippen molar-refractivity contribution in [1.82, 2.24) is 9.88 Å². The number of pyridine rings is 1. The number of aliphatic hydroxyl groups is 3. The molecule has 1 saturated heterocycles. The molecule has 0 aliphatic carbocycles. The number of halogens is 3. The molecule has 9 heteroatoms. The van der Waals surface area contributed by atoms with Crippen molar-refractivity contribution < 1.29 is 33.2 Å². The summed E-state index contributed by atoms with van der Waals surface area (Å²) in [6, 6.07) is 6.74. The van der Waals surface area contributed by atoms with E-state index in [1.807, 2.05) is 4.90 Å². The van der Waals surface area contributed by atoms with E-state index in [2.05, 4.69) is 16.8 Å². The first-order valence-electron chi connectivity index (χ1n) is 12.5. The summed E-state index contributed by atoms with van der Waals surface area (Å²) in [6.07, 6.45) is 2.98. The van der Waals surface area contributed by atoms with Gasteiger partial charge in [0.2, 0.25) is 0 Å². The monoisotopic (exact) mass is 528 g/mol. The third-order valence-corrected chi connectivity index (χ3v) is 7.42. The molecule has 1 aromatic heterocycles. The molecule has 1 aliphatic heterocycles. The van der Waals surface area contributed by atoms with Gasteiger partial charge in [0.15, 0.2) is 11.6 Å². The van der Waals surface area contributed by atoms with Crippen molar-refractivity contribution in [3.05, 3.63) is 70.7 Å². The molecular weight excluding hydrogens is 497 g/mol. The fourth-order valence-electron chi connectivity index (χ4n) is 5.03. The summed E-state index contributed by atoms with van der Waals surface area (Å²) in [6.45, 7) is 1.25. The lowest BCUT2D eigenvalue weighted by Crippen LogP contribution is -2.42. The Balaban J connectivity index is 1.40. The van der Waals surface area contributed by atoms with Crippen LogP contribution in [-0.2, 0) is 6.61 Å². The third-order valence-electron chi connectivity index (χ3n) is 7.42. The number of hydrogen-bond donors (Lipinski definition) is 3. The summed E-state index contributed by atoms with van der Waals surface area (Å²) in [5.41, 5.74) is 1.13.